The molecule has 1 aromatic carbocycles. The third-order valence-corrected chi connectivity index (χ3v) is 4.00. The van der Waals surface area contributed by atoms with Gasteiger partial charge in [0, 0.05) is 47.8 Å². The van der Waals surface area contributed by atoms with Crippen LogP contribution in [-0.2, 0) is 6.42 Å². The Kier molecular flexibility index (Phi) is 3.63. The number of fused-ring (bicyclic) bond motifs is 1. The molecule has 0 aliphatic heterocycles. The van der Waals surface area contributed by atoms with Gasteiger partial charge in [0.25, 0.3) is 0 Å². The minimum atomic E-state index is 0.0880. The van der Waals surface area contributed by atoms with Crippen LogP contribution in [0.15, 0.2) is 79.4 Å². The summed E-state index contributed by atoms with van der Waals surface area (Å²) in [6, 6.07) is 17.4. The third-order valence-electron chi connectivity index (χ3n) is 4.00. The smallest absolute Gasteiger partial charge is 0.167 e. The average Bonchev–Trinajstić information content (AvgIpc) is 3.07. The van der Waals surface area contributed by atoms with Crippen LogP contribution in [0.1, 0.15) is 15.9 Å². The summed E-state index contributed by atoms with van der Waals surface area (Å²) < 4.78 is 2.02. The van der Waals surface area contributed by atoms with Crippen molar-refractivity contribution in [1.29, 1.82) is 0 Å². The van der Waals surface area contributed by atoms with Crippen molar-refractivity contribution >= 4 is 16.8 Å². The van der Waals surface area contributed by atoms with Crippen LogP contribution >= 0.6 is 0 Å². The van der Waals surface area contributed by atoms with Crippen LogP contribution in [0.4, 0.5) is 0 Å². The largest absolute Gasteiger partial charge is 0.301 e. The van der Waals surface area contributed by atoms with Gasteiger partial charge >= 0.3 is 0 Å². The summed E-state index contributed by atoms with van der Waals surface area (Å²) in [6.07, 6.45) is 7.57. The zero-order chi connectivity index (χ0) is 16.4. The molecule has 0 radical (unpaired) electrons. The van der Waals surface area contributed by atoms with E-state index >= 15 is 0 Å². The SMILES string of the molecule is O=C(Cc1cccnc1)c1ccc(-n2ccc3cccnc32)cc1. The van der Waals surface area contributed by atoms with Gasteiger partial charge in [0.05, 0.1) is 0 Å². The van der Waals surface area contributed by atoms with E-state index in [4.69, 9.17) is 0 Å². The van der Waals surface area contributed by atoms with Crippen molar-refractivity contribution < 1.29 is 4.79 Å². The fourth-order valence-corrected chi connectivity index (χ4v) is 2.77. The molecule has 0 fully saturated rings. The van der Waals surface area contributed by atoms with E-state index in [2.05, 4.69) is 9.97 Å². The Morgan fingerprint density at radius 1 is 0.958 bits per heavy atom. The molecule has 0 amide bonds. The van der Waals surface area contributed by atoms with Crippen LogP contribution in [0.2, 0.25) is 0 Å². The molecule has 0 spiro atoms. The third kappa shape index (κ3) is 2.70. The van der Waals surface area contributed by atoms with Crippen molar-refractivity contribution in [2.24, 2.45) is 0 Å². The summed E-state index contributed by atoms with van der Waals surface area (Å²) in [5.74, 6) is 0.0880. The Labute approximate surface area is 139 Å². The first kappa shape index (κ1) is 14.3. The number of carbonyl (C=O) groups excluding carboxylic acids is 1. The molecule has 0 unspecified atom stereocenters. The number of ketones is 1. The first-order chi connectivity index (χ1) is 11.8. The number of benzene rings is 1. The molecule has 116 valence electrons. The van der Waals surface area contributed by atoms with Gasteiger partial charge in [-0.25, -0.2) is 4.98 Å². The molecule has 24 heavy (non-hydrogen) atoms. The molecule has 0 N–H and O–H groups in total. The fraction of sp³-hybridized carbons (Fsp3) is 0.0500. The summed E-state index contributed by atoms with van der Waals surface area (Å²) in [6.45, 7) is 0. The Bertz CT molecular complexity index is 988. The summed E-state index contributed by atoms with van der Waals surface area (Å²) in [5, 5.41) is 1.09. The lowest BCUT2D eigenvalue weighted by Crippen LogP contribution is -2.04. The molecule has 0 aliphatic carbocycles. The van der Waals surface area contributed by atoms with Gasteiger partial charge in [-0.05, 0) is 54.1 Å². The minimum absolute atomic E-state index is 0.0880. The number of rotatable bonds is 4. The van der Waals surface area contributed by atoms with Crippen molar-refractivity contribution in [3.8, 4) is 5.69 Å². The van der Waals surface area contributed by atoms with Crippen molar-refractivity contribution in [1.82, 2.24) is 14.5 Å². The Morgan fingerprint density at radius 3 is 2.58 bits per heavy atom. The van der Waals surface area contributed by atoms with Gasteiger partial charge in [0.1, 0.15) is 5.65 Å². The molecule has 4 rings (SSSR count). The van der Waals surface area contributed by atoms with Gasteiger partial charge in [0.15, 0.2) is 5.78 Å². The lowest BCUT2D eigenvalue weighted by molar-refractivity contribution is 0.0993. The predicted molar refractivity (Wildman–Crippen MR) is 93.3 cm³/mol. The molecular weight excluding hydrogens is 298 g/mol. The van der Waals surface area contributed by atoms with E-state index in [0.29, 0.717) is 12.0 Å². The standard InChI is InChI=1S/C20H15N3O/c24-19(13-15-3-1-10-21-14-15)16-5-7-18(8-6-16)23-12-9-17-4-2-11-22-20(17)23/h1-12,14H,13H2. The predicted octanol–water partition coefficient (Wildman–Crippen LogP) is 3.85. The number of pyridine rings is 2. The Morgan fingerprint density at radius 2 is 1.79 bits per heavy atom. The quantitative estimate of drug-likeness (QED) is 0.538. The van der Waals surface area contributed by atoms with Gasteiger partial charge < -0.3 is 4.57 Å². The maximum atomic E-state index is 12.4. The van der Waals surface area contributed by atoms with Crippen molar-refractivity contribution in [3.05, 3.63) is 90.5 Å². The summed E-state index contributed by atoms with van der Waals surface area (Å²) in [7, 11) is 0. The number of hydrogen-bond acceptors (Lipinski definition) is 3. The van der Waals surface area contributed by atoms with E-state index in [-0.39, 0.29) is 5.78 Å². The maximum absolute atomic E-state index is 12.4. The second kappa shape index (κ2) is 6.08. The second-order valence-electron chi connectivity index (χ2n) is 5.61. The Hall–Kier alpha value is -3.27. The van der Waals surface area contributed by atoms with Crippen molar-refractivity contribution in [2.75, 3.05) is 0 Å². The molecule has 4 aromatic rings. The van der Waals surface area contributed by atoms with Gasteiger partial charge in [-0.2, -0.15) is 0 Å². The van der Waals surface area contributed by atoms with E-state index in [1.807, 2.05) is 65.4 Å². The summed E-state index contributed by atoms with van der Waals surface area (Å²) in [5.41, 5.74) is 3.52. The zero-order valence-electron chi connectivity index (χ0n) is 13.0. The fourth-order valence-electron chi connectivity index (χ4n) is 2.77. The minimum Gasteiger partial charge on any atom is -0.301 e. The molecule has 3 aromatic heterocycles. The van der Waals surface area contributed by atoms with E-state index in [1.54, 1.807) is 18.6 Å². The van der Waals surface area contributed by atoms with Gasteiger partial charge in [-0.1, -0.05) is 6.07 Å². The first-order valence-corrected chi connectivity index (χ1v) is 7.76. The molecule has 4 heteroatoms. The van der Waals surface area contributed by atoms with Crippen molar-refractivity contribution in [3.63, 3.8) is 0 Å². The second-order valence-corrected chi connectivity index (χ2v) is 5.61. The normalized spacial score (nSPS) is 10.8. The highest BCUT2D eigenvalue weighted by Gasteiger charge is 2.09. The first-order valence-electron chi connectivity index (χ1n) is 7.76. The average molecular weight is 313 g/mol. The van der Waals surface area contributed by atoms with Crippen LogP contribution in [0.25, 0.3) is 16.7 Å². The van der Waals surface area contributed by atoms with Gasteiger partial charge in [-0.15, -0.1) is 0 Å². The van der Waals surface area contributed by atoms with E-state index in [9.17, 15) is 4.79 Å². The number of aromatic nitrogens is 3. The van der Waals surface area contributed by atoms with Crippen LogP contribution in [0.5, 0.6) is 0 Å². The van der Waals surface area contributed by atoms with Crippen LogP contribution < -0.4 is 0 Å². The number of carbonyl (C=O) groups is 1. The highest BCUT2D eigenvalue weighted by atomic mass is 16.1. The molecule has 0 aliphatic rings. The summed E-state index contributed by atoms with van der Waals surface area (Å²) in [4.78, 5) is 20.8. The number of Topliss-reactive ketones (excluding diaryl/α,β-unsaturated/α-hetero) is 1. The van der Waals surface area contributed by atoms with Crippen molar-refractivity contribution in [2.45, 2.75) is 6.42 Å². The molecule has 0 saturated heterocycles. The molecule has 0 saturated carbocycles. The maximum Gasteiger partial charge on any atom is 0.167 e. The highest BCUT2D eigenvalue weighted by molar-refractivity contribution is 5.97. The molecule has 4 nitrogen and oxygen atoms in total. The van der Waals surface area contributed by atoms with E-state index in [1.165, 1.54) is 0 Å². The molecular formula is C20H15N3O. The lowest BCUT2D eigenvalue weighted by atomic mass is 10.0. The van der Waals surface area contributed by atoms with E-state index < -0.39 is 0 Å². The molecule has 0 atom stereocenters. The Balaban J connectivity index is 1.60. The number of nitrogens with zero attached hydrogens (tertiary/aromatic N) is 3. The topological polar surface area (TPSA) is 47.8 Å². The lowest BCUT2D eigenvalue weighted by Gasteiger charge is -2.06. The van der Waals surface area contributed by atoms with Gasteiger partial charge in [-0.3, -0.25) is 9.78 Å². The molecule has 3 heterocycles. The zero-order valence-corrected chi connectivity index (χ0v) is 13.0. The number of hydrogen-bond donors (Lipinski definition) is 0. The highest BCUT2D eigenvalue weighted by Crippen LogP contribution is 2.19. The van der Waals surface area contributed by atoms with Crippen LogP contribution in [0, 0.1) is 0 Å². The van der Waals surface area contributed by atoms with E-state index in [0.717, 1.165) is 22.3 Å². The van der Waals surface area contributed by atoms with Crippen LogP contribution in [-0.4, -0.2) is 20.3 Å². The van der Waals surface area contributed by atoms with Gasteiger partial charge in [0.2, 0.25) is 0 Å². The summed E-state index contributed by atoms with van der Waals surface area (Å²) >= 11 is 0. The monoisotopic (exact) mass is 313 g/mol. The molecule has 0 bridgehead atoms. The van der Waals surface area contributed by atoms with Crippen LogP contribution in [0.3, 0.4) is 0 Å².